The highest BCUT2D eigenvalue weighted by Gasteiger charge is 2.04. The Morgan fingerprint density at radius 2 is 2.33 bits per heavy atom. The molecule has 1 unspecified atom stereocenters. The predicted octanol–water partition coefficient (Wildman–Crippen LogP) is 2.42. The summed E-state index contributed by atoms with van der Waals surface area (Å²) in [5.41, 5.74) is 1.05. The van der Waals surface area contributed by atoms with E-state index in [1.807, 2.05) is 16.8 Å². The third kappa shape index (κ3) is 3.48. The number of aromatic nitrogens is 2. The molecule has 0 fully saturated rings. The summed E-state index contributed by atoms with van der Waals surface area (Å²) in [5.74, 6) is 0.117. The Labute approximate surface area is 111 Å². The van der Waals surface area contributed by atoms with Crippen LogP contribution in [0.1, 0.15) is 12.5 Å². The lowest BCUT2D eigenvalue weighted by Crippen LogP contribution is -2.29. The van der Waals surface area contributed by atoms with Gasteiger partial charge in [0, 0.05) is 31.5 Å². The van der Waals surface area contributed by atoms with E-state index < -0.39 is 0 Å². The number of phenolic OH excluding ortho intramolecular Hbond substituents is 1. The molecule has 4 nitrogen and oxygen atoms in total. The number of hydrogen-bond acceptors (Lipinski definition) is 3. The molecule has 1 aromatic carbocycles. The predicted molar refractivity (Wildman–Crippen MR) is 71.6 cm³/mol. The lowest BCUT2D eigenvalue weighted by Gasteiger charge is -2.14. The van der Waals surface area contributed by atoms with Gasteiger partial charge < -0.3 is 15.0 Å². The van der Waals surface area contributed by atoms with E-state index in [0.717, 1.165) is 18.7 Å². The number of phenols is 1. The molecule has 2 rings (SSSR count). The van der Waals surface area contributed by atoms with Crippen molar-refractivity contribution in [2.24, 2.45) is 0 Å². The van der Waals surface area contributed by atoms with E-state index in [-0.39, 0.29) is 5.75 Å². The highest BCUT2D eigenvalue weighted by atomic mass is 35.5. The molecule has 5 heteroatoms. The van der Waals surface area contributed by atoms with Crippen LogP contribution in [0.25, 0.3) is 0 Å². The maximum Gasteiger partial charge on any atom is 0.134 e. The summed E-state index contributed by atoms with van der Waals surface area (Å²) in [7, 11) is 0. The van der Waals surface area contributed by atoms with Crippen LogP contribution in [0.15, 0.2) is 36.9 Å². The van der Waals surface area contributed by atoms with E-state index in [2.05, 4.69) is 17.2 Å². The molecule has 0 amide bonds. The molecule has 1 aromatic heterocycles. The fraction of sp³-hybridized carbons (Fsp3) is 0.308. The Morgan fingerprint density at radius 1 is 1.50 bits per heavy atom. The summed E-state index contributed by atoms with van der Waals surface area (Å²) in [5, 5.41) is 13.1. The van der Waals surface area contributed by atoms with Gasteiger partial charge in [-0.2, -0.15) is 0 Å². The highest BCUT2D eigenvalue weighted by molar-refractivity contribution is 6.32. The molecule has 0 radical (unpaired) electrons. The monoisotopic (exact) mass is 265 g/mol. The van der Waals surface area contributed by atoms with Gasteiger partial charge in [-0.3, -0.25) is 0 Å². The molecule has 0 bridgehead atoms. The van der Waals surface area contributed by atoms with Crippen LogP contribution >= 0.6 is 11.6 Å². The van der Waals surface area contributed by atoms with E-state index in [4.69, 9.17) is 11.6 Å². The third-order valence-corrected chi connectivity index (χ3v) is 3.01. The third-order valence-electron chi connectivity index (χ3n) is 2.71. The molecular weight excluding hydrogens is 250 g/mol. The zero-order valence-electron chi connectivity index (χ0n) is 10.2. The minimum absolute atomic E-state index is 0.117. The van der Waals surface area contributed by atoms with Gasteiger partial charge in [-0.05, 0) is 24.6 Å². The quantitative estimate of drug-likeness (QED) is 0.873. The molecule has 1 atom stereocenters. The Balaban J connectivity index is 1.85. The maximum absolute atomic E-state index is 9.33. The molecule has 0 aliphatic rings. The van der Waals surface area contributed by atoms with E-state index in [9.17, 15) is 5.11 Å². The molecule has 0 saturated heterocycles. The number of halogens is 1. The fourth-order valence-corrected chi connectivity index (χ4v) is 1.93. The molecule has 2 N–H and O–H groups in total. The first-order chi connectivity index (χ1) is 8.65. The van der Waals surface area contributed by atoms with E-state index in [1.54, 1.807) is 24.7 Å². The Bertz CT molecular complexity index is 499. The minimum atomic E-state index is 0.117. The molecule has 0 spiro atoms. The average Bonchev–Trinajstić information content (AvgIpc) is 2.83. The summed E-state index contributed by atoms with van der Waals surface area (Å²) in [6, 6.07) is 5.57. The van der Waals surface area contributed by atoms with Crippen LogP contribution < -0.4 is 5.32 Å². The van der Waals surface area contributed by atoms with Crippen molar-refractivity contribution >= 4 is 11.6 Å². The van der Waals surface area contributed by atoms with Crippen LogP contribution in [0.5, 0.6) is 5.75 Å². The van der Waals surface area contributed by atoms with Gasteiger partial charge in [-0.1, -0.05) is 17.7 Å². The van der Waals surface area contributed by atoms with Gasteiger partial charge in [-0.15, -0.1) is 0 Å². The molecule has 0 aliphatic heterocycles. The van der Waals surface area contributed by atoms with Crippen LogP contribution in [-0.2, 0) is 13.1 Å². The normalized spacial score (nSPS) is 12.6. The number of nitrogens with one attached hydrogen (secondary N) is 1. The summed E-state index contributed by atoms with van der Waals surface area (Å²) in [4.78, 5) is 4.00. The second-order valence-electron chi connectivity index (χ2n) is 4.33. The number of imidazole rings is 1. The first kappa shape index (κ1) is 12.9. The number of hydrogen-bond donors (Lipinski definition) is 2. The first-order valence-corrected chi connectivity index (χ1v) is 6.19. The second kappa shape index (κ2) is 5.89. The molecular formula is C13H16ClN3O. The van der Waals surface area contributed by atoms with Gasteiger partial charge in [0.25, 0.3) is 0 Å². The van der Waals surface area contributed by atoms with Gasteiger partial charge in [-0.25, -0.2) is 4.98 Å². The summed E-state index contributed by atoms with van der Waals surface area (Å²) in [6.45, 7) is 3.70. The van der Waals surface area contributed by atoms with Crippen molar-refractivity contribution in [3.8, 4) is 5.75 Å². The SMILES string of the molecule is CC(Cn1ccnc1)NCc1ccc(O)c(Cl)c1. The van der Waals surface area contributed by atoms with Crippen molar-refractivity contribution in [1.29, 1.82) is 0 Å². The molecule has 96 valence electrons. The maximum atomic E-state index is 9.33. The molecule has 0 saturated carbocycles. The first-order valence-electron chi connectivity index (χ1n) is 5.81. The standard InChI is InChI=1S/C13H16ClN3O/c1-10(8-17-5-4-15-9-17)16-7-11-2-3-13(18)12(14)6-11/h2-6,9-10,16,18H,7-8H2,1H3. The van der Waals surface area contributed by atoms with Gasteiger partial charge in [0.2, 0.25) is 0 Å². The highest BCUT2D eigenvalue weighted by Crippen LogP contribution is 2.23. The van der Waals surface area contributed by atoms with E-state index in [0.29, 0.717) is 11.1 Å². The summed E-state index contributed by atoms with van der Waals surface area (Å²) in [6.07, 6.45) is 5.51. The lowest BCUT2D eigenvalue weighted by atomic mass is 10.2. The molecule has 2 aromatic rings. The largest absolute Gasteiger partial charge is 0.506 e. The zero-order valence-corrected chi connectivity index (χ0v) is 10.9. The minimum Gasteiger partial charge on any atom is -0.506 e. The van der Waals surface area contributed by atoms with Gasteiger partial charge >= 0.3 is 0 Å². The molecule has 1 heterocycles. The van der Waals surface area contributed by atoms with Crippen molar-refractivity contribution < 1.29 is 5.11 Å². The van der Waals surface area contributed by atoms with Crippen molar-refractivity contribution in [1.82, 2.24) is 14.9 Å². The van der Waals surface area contributed by atoms with Gasteiger partial charge in [0.1, 0.15) is 5.75 Å². The number of rotatable bonds is 5. The van der Waals surface area contributed by atoms with Crippen molar-refractivity contribution in [2.45, 2.75) is 26.1 Å². The summed E-state index contributed by atoms with van der Waals surface area (Å²) < 4.78 is 2.03. The van der Waals surface area contributed by atoms with Crippen LogP contribution in [0.4, 0.5) is 0 Å². The van der Waals surface area contributed by atoms with Crippen molar-refractivity contribution in [2.75, 3.05) is 0 Å². The van der Waals surface area contributed by atoms with Crippen LogP contribution in [-0.4, -0.2) is 20.7 Å². The number of benzene rings is 1. The Morgan fingerprint density at radius 3 is 3.00 bits per heavy atom. The van der Waals surface area contributed by atoms with Crippen molar-refractivity contribution in [3.05, 3.63) is 47.5 Å². The molecule has 18 heavy (non-hydrogen) atoms. The second-order valence-corrected chi connectivity index (χ2v) is 4.73. The fourth-order valence-electron chi connectivity index (χ4n) is 1.73. The van der Waals surface area contributed by atoms with Crippen LogP contribution in [0.3, 0.4) is 0 Å². The van der Waals surface area contributed by atoms with Crippen LogP contribution in [0, 0.1) is 0 Å². The Kier molecular flexibility index (Phi) is 4.23. The number of nitrogens with zero attached hydrogens (tertiary/aromatic N) is 2. The molecule has 0 aliphatic carbocycles. The lowest BCUT2D eigenvalue weighted by molar-refractivity contribution is 0.470. The topological polar surface area (TPSA) is 50.1 Å². The van der Waals surface area contributed by atoms with Crippen LogP contribution in [0.2, 0.25) is 5.02 Å². The average molecular weight is 266 g/mol. The van der Waals surface area contributed by atoms with E-state index in [1.165, 1.54) is 0 Å². The number of aromatic hydroxyl groups is 1. The van der Waals surface area contributed by atoms with E-state index >= 15 is 0 Å². The van der Waals surface area contributed by atoms with Gasteiger partial charge in [0.05, 0.1) is 11.3 Å². The van der Waals surface area contributed by atoms with Gasteiger partial charge in [0.15, 0.2) is 0 Å². The summed E-state index contributed by atoms with van der Waals surface area (Å²) >= 11 is 5.85. The smallest absolute Gasteiger partial charge is 0.134 e. The Hall–Kier alpha value is -1.52. The van der Waals surface area contributed by atoms with Crippen molar-refractivity contribution in [3.63, 3.8) is 0 Å². The zero-order chi connectivity index (χ0) is 13.0.